The van der Waals surface area contributed by atoms with Crippen LogP contribution in [0.25, 0.3) is 11.1 Å². The van der Waals surface area contributed by atoms with E-state index in [0.717, 1.165) is 33.7 Å². The predicted molar refractivity (Wildman–Crippen MR) is 141 cm³/mol. The molecule has 4 aromatic rings. The average molecular weight is 488 g/mol. The van der Waals surface area contributed by atoms with E-state index < -0.39 is 0 Å². The summed E-state index contributed by atoms with van der Waals surface area (Å²) in [5.41, 5.74) is 5.00. The largest absolute Gasteiger partial charge is 0.485 e. The monoisotopic (exact) mass is 487 g/mol. The predicted octanol–water partition coefficient (Wildman–Crippen LogP) is 5.40. The third kappa shape index (κ3) is 6.02. The molecule has 0 atom stereocenters. The van der Waals surface area contributed by atoms with Crippen LogP contribution in [0.5, 0.6) is 5.75 Å². The fraction of sp³-hybridized carbons (Fsp3) is 0.222. The van der Waals surface area contributed by atoms with E-state index in [1.807, 2.05) is 67.6 Å². The van der Waals surface area contributed by atoms with Crippen molar-refractivity contribution in [3.63, 3.8) is 0 Å². The summed E-state index contributed by atoms with van der Waals surface area (Å²) in [6.45, 7) is 6.46. The fourth-order valence-corrected chi connectivity index (χ4v) is 4.34. The molecule has 7 nitrogen and oxygen atoms in total. The number of benzene rings is 3. The van der Waals surface area contributed by atoms with Gasteiger partial charge >= 0.3 is 0 Å². The Balaban J connectivity index is 1.37. The maximum atomic E-state index is 12.7. The number of ether oxygens (including phenoxy) is 1. The zero-order valence-corrected chi connectivity index (χ0v) is 20.9. The Kier molecular flexibility index (Phi) is 7.72. The number of aromatic nitrogens is 3. The lowest BCUT2D eigenvalue weighted by Gasteiger charge is -2.14. The number of hydrogen-bond donors (Lipinski definition) is 2. The second-order valence-corrected chi connectivity index (χ2v) is 9.44. The van der Waals surface area contributed by atoms with Gasteiger partial charge in [0.15, 0.2) is 5.82 Å². The van der Waals surface area contributed by atoms with Crippen molar-refractivity contribution >= 4 is 23.4 Å². The number of rotatable bonds is 9. The van der Waals surface area contributed by atoms with Crippen molar-refractivity contribution < 1.29 is 9.53 Å². The Morgan fingerprint density at radius 2 is 1.80 bits per heavy atom. The zero-order chi connectivity index (χ0) is 24.8. The van der Waals surface area contributed by atoms with Crippen LogP contribution in [0.15, 0.2) is 78.0 Å². The summed E-state index contributed by atoms with van der Waals surface area (Å²) in [6.07, 6.45) is 0. The van der Waals surface area contributed by atoms with Crippen molar-refractivity contribution in [3.8, 4) is 16.9 Å². The van der Waals surface area contributed by atoms with Crippen LogP contribution in [0.3, 0.4) is 0 Å². The van der Waals surface area contributed by atoms with Gasteiger partial charge in [-0.3, -0.25) is 4.79 Å². The first-order valence-electron chi connectivity index (χ1n) is 11.4. The SMILES string of the molecule is Cc1ccc(C(C)C)c(OCc2nnc(SCC(=O)Nc3ccccc3-c3ccccc3)n2N)c1. The normalized spacial score (nSPS) is 11.0. The van der Waals surface area contributed by atoms with Gasteiger partial charge in [-0.1, -0.05) is 86.3 Å². The van der Waals surface area contributed by atoms with Gasteiger partial charge in [0.25, 0.3) is 0 Å². The molecule has 1 aromatic heterocycles. The lowest BCUT2D eigenvalue weighted by Crippen LogP contribution is -2.18. The van der Waals surface area contributed by atoms with E-state index in [-0.39, 0.29) is 18.3 Å². The van der Waals surface area contributed by atoms with Crippen LogP contribution < -0.4 is 15.9 Å². The second kappa shape index (κ2) is 11.1. The number of anilines is 1. The number of carbonyl (C=O) groups excluding carboxylic acids is 1. The van der Waals surface area contributed by atoms with Crippen molar-refractivity contribution in [2.75, 3.05) is 16.9 Å². The molecule has 8 heteroatoms. The van der Waals surface area contributed by atoms with Gasteiger partial charge in [0.2, 0.25) is 11.1 Å². The zero-order valence-electron chi connectivity index (χ0n) is 20.1. The number of thioether (sulfide) groups is 1. The summed E-state index contributed by atoms with van der Waals surface area (Å²) < 4.78 is 7.40. The Bertz CT molecular complexity index is 1300. The van der Waals surface area contributed by atoms with Crippen LogP contribution in [-0.4, -0.2) is 26.5 Å². The topological polar surface area (TPSA) is 95.1 Å². The number of nitrogens with one attached hydrogen (secondary N) is 1. The first kappa shape index (κ1) is 24.3. The summed E-state index contributed by atoms with van der Waals surface area (Å²) in [6, 6.07) is 23.8. The minimum Gasteiger partial charge on any atom is -0.485 e. The molecule has 0 aliphatic heterocycles. The molecular formula is C27H29N5O2S. The molecule has 0 aliphatic rings. The molecule has 4 rings (SSSR count). The van der Waals surface area contributed by atoms with E-state index in [2.05, 4.69) is 41.5 Å². The van der Waals surface area contributed by atoms with E-state index >= 15 is 0 Å². The second-order valence-electron chi connectivity index (χ2n) is 8.50. The van der Waals surface area contributed by atoms with Crippen LogP contribution in [-0.2, 0) is 11.4 Å². The lowest BCUT2D eigenvalue weighted by atomic mass is 10.0. The number of nitrogen functional groups attached to an aromatic ring is 1. The highest BCUT2D eigenvalue weighted by molar-refractivity contribution is 7.99. The third-order valence-electron chi connectivity index (χ3n) is 5.50. The van der Waals surface area contributed by atoms with Crippen LogP contribution in [0, 0.1) is 6.92 Å². The van der Waals surface area contributed by atoms with Crippen LogP contribution in [0.1, 0.15) is 36.7 Å². The molecule has 1 heterocycles. The average Bonchev–Trinajstić information content (AvgIpc) is 3.21. The Hall–Kier alpha value is -3.78. The van der Waals surface area contributed by atoms with Crippen LogP contribution in [0.2, 0.25) is 0 Å². The summed E-state index contributed by atoms with van der Waals surface area (Å²) in [5, 5.41) is 11.7. The van der Waals surface area contributed by atoms with Crippen molar-refractivity contribution in [2.45, 2.75) is 38.5 Å². The highest BCUT2D eigenvalue weighted by Crippen LogP contribution is 2.29. The van der Waals surface area contributed by atoms with Gasteiger partial charge in [-0.05, 0) is 41.7 Å². The third-order valence-corrected chi connectivity index (χ3v) is 6.44. The molecule has 0 saturated carbocycles. The molecule has 0 aliphatic carbocycles. The Labute approximate surface area is 209 Å². The molecule has 3 N–H and O–H groups in total. The number of amides is 1. The number of nitrogens with two attached hydrogens (primary N) is 1. The molecule has 180 valence electrons. The molecule has 1 amide bonds. The van der Waals surface area contributed by atoms with Crippen LogP contribution >= 0.6 is 11.8 Å². The quantitative estimate of drug-likeness (QED) is 0.242. The smallest absolute Gasteiger partial charge is 0.234 e. The van der Waals surface area contributed by atoms with Gasteiger partial charge in [0.1, 0.15) is 12.4 Å². The van der Waals surface area contributed by atoms with Gasteiger partial charge < -0.3 is 15.9 Å². The molecule has 0 unspecified atom stereocenters. The number of para-hydroxylation sites is 1. The Morgan fingerprint density at radius 1 is 1.06 bits per heavy atom. The lowest BCUT2D eigenvalue weighted by molar-refractivity contribution is -0.113. The van der Waals surface area contributed by atoms with Crippen molar-refractivity contribution in [1.82, 2.24) is 14.9 Å². The van der Waals surface area contributed by atoms with Gasteiger partial charge in [0.05, 0.1) is 5.75 Å². The number of hydrogen-bond acceptors (Lipinski definition) is 6. The van der Waals surface area contributed by atoms with E-state index in [1.165, 1.54) is 16.4 Å². The standard InChI is InChI=1S/C27H29N5O2S/c1-18(2)21-14-13-19(3)15-24(21)34-16-25-30-31-27(32(25)28)35-17-26(33)29-23-12-8-7-11-22(23)20-9-5-4-6-10-20/h4-15,18H,16-17,28H2,1-3H3,(H,29,33). The molecule has 3 aromatic carbocycles. The number of nitrogens with zero attached hydrogens (tertiary/aromatic N) is 3. The molecule has 0 bridgehead atoms. The molecule has 0 spiro atoms. The van der Waals surface area contributed by atoms with Crippen molar-refractivity contribution in [1.29, 1.82) is 0 Å². The maximum absolute atomic E-state index is 12.7. The molecule has 0 radical (unpaired) electrons. The highest BCUT2D eigenvalue weighted by atomic mass is 32.2. The van der Waals surface area contributed by atoms with Crippen molar-refractivity contribution in [2.24, 2.45) is 0 Å². The van der Waals surface area contributed by atoms with E-state index in [4.69, 9.17) is 10.6 Å². The van der Waals surface area contributed by atoms with Gasteiger partial charge in [-0.15, -0.1) is 10.2 Å². The first-order chi connectivity index (χ1) is 16.9. The summed E-state index contributed by atoms with van der Waals surface area (Å²) in [5.74, 6) is 7.82. The number of aryl methyl sites for hydroxylation is 1. The summed E-state index contributed by atoms with van der Waals surface area (Å²) in [7, 11) is 0. The summed E-state index contributed by atoms with van der Waals surface area (Å²) in [4.78, 5) is 12.7. The molecule has 35 heavy (non-hydrogen) atoms. The van der Waals surface area contributed by atoms with Gasteiger partial charge in [0, 0.05) is 11.3 Å². The minimum atomic E-state index is -0.152. The molecule has 0 saturated heterocycles. The van der Waals surface area contributed by atoms with E-state index in [9.17, 15) is 4.79 Å². The maximum Gasteiger partial charge on any atom is 0.234 e. The first-order valence-corrected chi connectivity index (χ1v) is 12.4. The molecular weight excluding hydrogens is 458 g/mol. The fourth-order valence-electron chi connectivity index (χ4n) is 3.67. The highest BCUT2D eigenvalue weighted by Gasteiger charge is 2.15. The Morgan fingerprint density at radius 3 is 2.57 bits per heavy atom. The van der Waals surface area contributed by atoms with Gasteiger partial charge in [-0.2, -0.15) is 0 Å². The summed E-state index contributed by atoms with van der Waals surface area (Å²) >= 11 is 1.23. The van der Waals surface area contributed by atoms with Crippen LogP contribution in [0.4, 0.5) is 5.69 Å². The van der Waals surface area contributed by atoms with E-state index in [1.54, 1.807) is 0 Å². The van der Waals surface area contributed by atoms with Gasteiger partial charge in [-0.25, -0.2) is 4.68 Å². The molecule has 0 fully saturated rings. The van der Waals surface area contributed by atoms with E-state index in [0.29, 0.717) is 16.9 Å². The van der Waals surface area contributed by atoms with Crippen molar-refractivity contribution in [3.05, 3.63) is 89.7 Å². The number of carbonyl (C=O) groups is 1. The minimum absolute atomic E-state index is 0.148.